The molecule has 1 aliphatic rings. The van der Waals surface area contributed by atoms with Gasteiger partial charge in [-0.15, -0.1) is 0 Å². The maximum absolute atomic E-state index is 14.2. The first-order valence-electron chi connectivity index (χ1n) is 9.45. The summed E-state index contributed by atoms with van der Waals surface area (Å²) in [6.07, 6.45) is 2.95. The van der Waals surface area contributed by atoms with E-state index in [0.29, 0.717) is 24.4 Å². The van der Waals surface area contributed by atoms with Gasteiger partial charge >= 0.3 is 0 Å². The Bertz CT molecular complexity index is 1340. The van der Waals surface area contributed by atoms with Crippen molar-refractivity contribution in [2.45, 2.75) is 13.0 Å². The number of nitrogens with zero attached hydrogens (tertiary/aromatic N) is 4. The highest BCUT2D eigenvalue weighted by atomic mass is 19.2. The third-order valence-electron chi connectivity index (χ3n) is 5.50. The second kappa shape index (κ2) is 6.93. The standard InChI is InChI=1S/C21H15F4N5O/c1-29-19(10-6-13(22)18(25)14(23)7-10)11-3-5-30(9-16(11)28-29)21(31)12-2-4-26-20-17(12)15(24)8-27-20/h2,4,6-8H,3,5,9H2,1H3,(H,26,27). The van der Waals surface area contributed by atoms with Gasteiger partial charge in [-0.2, -0.15) is 5.10 Å². The molecule has 0 unspecified atom stereocenters. The maximum atomic E-state index is 14.2. The molecule has 1 aromatic carbocycles. The van der Waals surface area contributed by atoms with E-state index in [1.54, 1.807) is 7.05 Å². The number of fused-ring (bicyclic) bond motifs is 2. The van der Waals surface area contributed by atoms with Crippen LogP contribution in [0.2, 0.25) is 0 Å². The zero-order chi connectivity index (χ0) is 21.9. The van der Waals surface area contributed by atoms with Crippen molar-refractivity contribution in [3.63, 3.8) is 0 Å². The monoisotopic (exact) mass is 429 g/mol. The van der Waals surface area contributed by atoms with Crippen LogP contribution in [-0.2, 0) is 20.0 Å². The lowest BCUT2D eigenvalue weighted by Gasteiger charge is -2.27. The zero-order valence-corrected chi connectivity index (χ0v) is 16.2. The van der Waals surface area contributed by atoms with E-state index in [0.717, 1.165) is 23.9 Å². The number of nitrogens with one attached hydrogen (secondary N) is 1. The molecule has 0 saturated heterocycles. The lowest BCUT2D eigenvalue weighted by Crippen LogP contribution is -2.36. The number of benzene rings is 1. The molecular weight excluding hydrogens is 414 g/mol. The van der Waals surface area contributed by atoms with Crippen LogP contribution in [0.3, 0.4) is 0 Å². The predicted octanol–water partition coefficient (Wildman–Crippen LogP) is 3.72. The van der Waals surface area contributed by atoms with Crippen LogP contribution in [0.4, 0.5) is 17.6 Å². The molecule has 4 heterocycles. The summed E-state index contributed by atoms with van der Waals surface area (Å²) in [7, 11) is 1.61. The van der Waals surface area contributed by atoms with E-state index >= 15 is 0 Å². The number of rotatable bonds is 2. The van der Waals surface area contributed by atoms with E-state index in [9.17, 15) is 22.4 Å². The van der Waals surface area contributed by atoms with Crippen LogP contribution in [0, 0.1) is 23.3 Å². The Morgan fingerprint density at radius 3 is 2.61 bits per heavy atom. The number of aromatic nitrogens is 4. The van der Waals surface area contributed by atoms with E-state index in [1.165, 1.54) is 21.8 Å². The molecule has 0 spiro atoms. The van der Waals surface area contributed by atoms with Crippen LogP contribution >= 0.6 is 0 Å². The first-order valence-corrected chi connectivity index (χ1v) is 9.45. The van der Waals surface area contributed by atoms with Crippen molar-refractivity contribution >= 4 is 16.9 Å². The van der Waals surface area contributed by atoms with Gasteiger partial charge in [0.1, 0.15) is 5.65 Å². The number of halogens is 4. The van der Waals surface area contributed by atoms with E-state index < -0.39 is 23.3 Å². The van der Waals surface area contributed by atoms with Crippen molar-refractivity contribution in [2.24, 2.45) is 7.05 Å². The molecule has 10 heteroatoms. The third-order valence-corrected chi connectivity index (χ3v) is 5.50. The molecule has 6 nitrogen and oxygen atoms in total. The van der Waals surface area contributed by atoms with Crippen molar-refractivity contribution < 1.29 is 22.4 Å². The first-order chi connectivity index (χ1) is 14.8. The van der Waals surface area contributed by atoms with Crippen molar-refractivity contribution in [1.29, 1.82) is 0 Å². The Labute approximate surface area is 173 Å². The van der Waals surface area contributed by atoms with E-state index in [2.05, 4.69) is 15.1 Å². The highest BCUT2D eigenvalue weighted by molar-refractivity contribution is 6.05. The summed E-state index contributed by atoms with van der Waals surface area (Å²) in [4.78, 5) is 21.3. The predicted molar refractivity (Wildman–Crippen MR) is 103 cm³/mol. The average Bonchev–Trinajstić information content (AvgIpc) is 3.29. The molecule has 0 atom stereocenters. The van der Waals surface area contributed by atoms with Crippen LogP contribution in [-0.4, -0.2) is 37.1 Å². The lowest BCUT2D eigenvalue weighted by molar-refractivity contribution is 0.0734. The average molecular weight is 429 g/mol. The highest BCUT2D eigenvalue weighted by Gasteiger charge is 2.29. The summed E-state index contributed by atoms with van der Waals surface area (Å²) in [5.74, 6) is -5.04. The van der Waals surface area contributed by atoms with Crippen LogP contribution in [0.25, 0.3) is 22.3 Å². The zero-order valence-electron chi connectivity index (χ0n) is 16.2. The van der Waals surface area contributed by atoms with Crippen LogP contribution in [0.15, 0.2) is 30.6 Å². The third kappa shape index (κ3) is 2.97. The van der Waals surface area contributed by atoms with E-state index in [4.69, 9.17) is 0 Å². The van der Waals surface area contributed by atoms with E-state index in [-0.39, 0.29) is 34.6 Å². The largest absolute Gasteiger partial charge is 0.343 e. The summed E-state index contributed by atoms with van der Waals surface area (Å²) >= 11 is 0. The van der Waals surface area contributed by atoms with Gasteiger partial charge in [-0.25, -0.2) is 22.5 Å². The van der Waals surface area contributed by atoms with Crippen LogP contribution in [0.1, 0.15) is 21.6 Å². The lowest BCUT2D eigenvalue weighted by atomic mass is 9.99. The summed E-state index contributed by atoms with van der Waals surface area (Å²) in [6.45, 7) is 0.441. The summed E-state index contributed by atoms with van der Waals surface area (Å²) in [6, 6.07) is 3.32. The maximum Gasteiger partial charge on any atom is 0.255 e. The normalized spacial score (nSPS) is 13.6. The van der Waals surface area contributed by atoms with Crippen LogP contribution < -0.4 is 0 Å². The Morgan fingerprint density at radius 1 is 1.13 bits per heavy atom. The molecule has 5 rings (SSSR count). The minimum Gasteiger partial charge on any atom is -0.343 e. The first kappa shape index (κ1) is 19.3. The summed E-state index contributed by atoms with van der Waals surface area (Å²) < 4.78 is 56.5. The van der Waals surface area contributed by atoms with Crippen molar-refractivity contribution in [1.82, 2.24) is 24.6 Å². The molecule has 1 amide bonds. The molecule has 0 radical (unpaired) electrons. The smallest absolute Gasteiger partial charge is 0.255 e. The van der Waals surface area contributed by atoms with Gasteiger partial charge < -0.3 is 9.88 Å². The fourth-order valence-electron chi connectivity index (χ4n) is 4.11. The molecule has 0 aliphatic carbocycles. The fraction of sp³-hybridized carbons (Fsp3) is 0.190. The van der Waals surface area contributed by atoms with Crippen molar-refractivity contribution in [3.05, 3.63) is 70.7 Å². The fourth-order valence-corrected chi connectivity index (χ4v) is 4.11. The van der Waals surface area contributed by atoms with Gasteiger partial charge in [-0.3, -0.25) is 9.48 Å². The Morgan fingerprint density at radius 2 is 1.87 bits per heavy atom. The second-order valence-corrected chi connectivity index (χ2v) is 7.35. The number of carbonyl (C=O) groups excluding carboxylic acids is 1. The molecule has 0 fully saturated rings. The van der Waals surface area contributed by atoms with E-state index in [1.807, 2.05) is 0 Å². The van der Waals surface area contributed by atoms with Crippen molar-refractivity contribution in [2.75, 3.05) is 6.54 Å². The molecule has 4 aromatic rings. The minimum atomic E-state index is -1.53. The Kier molecular flexibility index (Phi) is 4.31. The summed E-state index contributed by atoms with van der Waals surface area (Å²) in [5, 5.41) is 4.52. The molecule has 1 aliphatic heterocycles. The number of pyridine rings is 1. The van der Waals surface area contributed by atoms with Gasteiger partial charge in [0.25, 0.3) is 5.91 Å². The molecule has 0 saturated carbocycles. The summed E-state index contributed by atoms with van der Waals surface area (Å²) in [5.41, 5.74) is 2.37. The van der Waals surface area contributed by atoms with Crippen molar-refractivity contribution in [3.8, 4) is 11.3 Å². The number of hydrogen-bond acceptors (Lipinski definition) is 3. The molecule has 0 bridgehead atoms. The number of carbonyl (C=O) groups is 1. The number of aromatic amines is 1. The number of H-pyrrole nitrogens is 1. The molecule has 3 aromatic heterocycles. The number of aryl methyl sites for hydroxylation is 1. The molecular formula is C21H15F4N5O. The highest BCUT2D eigenvalue weighted by Crippen LogP contribution is 2.32. The number of amides is 1. The van der Waals surface area contributed by atoms with Gasteiger partial charge in [0.15, 0.2) is 23.3 Å². The van der Waals surface area contributed by atoms with Crippen LogP contribution in [0.5, 0.6) is 0 Å². The topological polar surface area (TPSA) is 66.8 Å². The molecule has 1 N–H and O–H groups in total. The van der Waals surface area contributed by atoms with Gasteiger partial charge in [-0.1, -0.05) is 0 Å². The van der Waals surface area contributed by atoms with Gasteiger partial charge in [-0.05, 0) is 24.6 Å². The number of hydrogen-bond donors (Lipinski definition) is 1. The van der Waals surface area contributed by atoms with Gasteiger partial charge in [0.2, 0.25) is 0 Å². The SMILES string of the molecule is Cn1nc2c(c1-c1cc(F)c(F)c(F)c1)CCN(C(=O)c1ccnc3[nH]cc(F)c13)C2. The quantitative estimate of drug-likeness (QED) is 0.390. The Hall–Kier alpha value is -3.69. The Balaban J connectivity index is 1.50. The van der Waals surface area contributed by atoms with Gasteiger partial charge in [0, 0.05) is 37.1 Å². The minimum absolute atomic E-state index is 0.122. The molecule has 158 valence electrons. The molecule has 31 heavy (non-hydrogen) atoms. The second-order valence-electron chi connectivity index (χ2n) is 7.35. The van der Waals surface area contributed by atoms with Gasteiger partial charge in [0.05, 0.1) is 28.9 Å².